The molecule has 5 heteroatoms. The maximum atomic E-state index is 13.7. The van der Waals surface area contributed by atoms with Crippen LogP contribution in [0.25, 0.3) is 0 Å². The third-order valence-corrected chi connectivity index (χ3v) is 6.22. The largest absolute Gasteiger partial charge is 0.338 e. The standard InChI is InChI=1S/C29H30N2O3/c1-21(2)18-24(23-14-8-4-9-15-23)20-27(32)31-26(19-22-12-6-3-7-13-22)28(33)30(29(31)34)25-16-10-5-11-17-25/h3-17,21,24,26H,18-20H2,1-2H3/t24-,26-/m0/s1. The Balaban J connectivity index is 1.66. The summed E-state index contributed by atoms with van der Waals surface area (Å²) in [5.74, 6) is -0.324. The summed E-state index contributed by atoms with van der Waals surface area (Å²) in [6, 6.07) is 26.8. The van der Waals surface area contributed by atoms with Gasteiger partial charge in [0.15, 0.2) is 0 Å². The van der Waals surface area contributed by atoms with Crippen molar-refractivity contribution in [3.63, 3.8) is 0 Å². The highest BCUT2D eigenvalue weighted by Gasteiger charge is 2.49. The van der Waals surface area contributed by atoms with E-state index in [1.54, 1.807) is 24.3 Å². The van der Waals surface area contributed by atoms with E-state index in [0.717, 1.165) is 22.4 Å². The van der Waals surface area contributed by atoms with E-state index in [9.17, 15) is 14.4 Å². The molecule has 3 aromatic rings. The first-order chi connectivity index (χ1) is 16.5. The van der Waals surface area contributed by atoms with Crippen molar-refractivity contribution in [1.82, 2.24) is 4.90 Å². The average Bonchev–Trinajstić information content (AvgIpc) is 3.09. The maximum absolute atomic E-state index is 13.7. The molecule has 0 spiro atoms. The number of para-hydroxylation sites is 1. The predicted molar refractivity (Wildman–Crippen MR) is 133 cm³/mol. The van der Waals surface area contributed by atoms with Crippen molar-refractivity contribution in [2.45, 2.75) is 45.1 Å². The number of carbonyl (C=O) groups excluding carboxylic acids is 3. The van der Waals surface area contributed by atoms with Crippen LogP contribution in [0.3, 0.4) is 0 Å². The first-order valence-electron chi connectivity index (χ1n) is 11.8. The summed E-state index contributed by atoms with van der Waals surface area (Å²) in [6.07, 6.45) is 1.29. The molecule has 0 aliphatic carbocycles. The lowest BCUT2D eigenvalue weighted by Gasteiger charge is -2.24. The summed E-state index contributed by atoms with van der Waals surface area (Å²) in [4.78, 5) is 43.0. The lowest BCUT2D eigenvalue weighted by Crippen LogP contribution is -2.42. The molecule has 4 amide bonds. The summed E-state index contributed by atoms with van der Waals surface area (Å²) in [7, 11) is 0. The highest BCUT2D eigenvalue weighted by molar-refractivity contribution is 6.25. The van der Waals surface area contributed by atoms with E-state index in [-0.39, 0.29) is 24.2 Å². The van der Waals surface area contributed by atoms with Gasteiger partial charge in [-0.2, -0.15) is 0 Å². The van der Waals surface area contributed by atoms with Gasteiger partial charge in [-0.1, -0.05) is 92.7 Å². The minimum Gasteiger partial charge on any atom is -0.274 e. The van der Waals surface area contributed by atoms with E-state index in [1.807, 2.05) is 66.7 Å². The minimum atomic E-state index is -0.863. The molecule has 4 rings (SSSR count). The van der Waals surface area contributed by atoms with Gasteiger partial charge in [0.2, 0.25) is 5.91 Å². The van der Waals surface area contributed by atoms with Gasteiger partial charge in [0, 0.05) is 12.8 Å². The topological polar surface area (TPSA) is 57.7 Å². The number of benzene rings is 3. The molecular formula is C29H30N2O3. The van der Waals surface area contributed by atoms with Crippen LogP contribution < -0.4 is 4.90 Å². The fourth-order valence-electron chi connectivity index (χ4n) is 4.65. The molecule has 1 fully saturated rings. The van der Waals surface area contributed by atoms with Gasteiger partial charge < -0.3 is 0 Å². The SMILES string of the molecule is CC(C)C[C@@H](CC(=O)N1C(=O)N(c2ccccc2)C(=O)[C@@H]1Cc1ccccc1)c1ccccc1. The summed E-state index contributed by atoms with van der Waals surface area (Å²) in [5, 5.41) is 0. The van der Waals surface area contributed by atoms with Gasteiger partial charge in [-0.05, 0) is 41.5 Å². The predicted octanol–water partition coefficient (Wildman–Crippen LogP) is 5.81. The molecule has 1 aliphatic rings. The number of rotatable bonds is 8. The Bertz CT molecular complexity index is 1130. The van der Waals surface area contributed by atoms with Crippen molar-refractivity contribution >= 4 is 23.5 Å². The van der Waals surface area contributed by atoms with E-state index in [1.165, 1.54) is 4.90 Å². The van der Waals surface area contributed by atoms with Crippen LogP contribution in [-0.4, -0.2) is 28.8 Å². The average molecular weight is 455 g/mol. The normalized spacial score (nSPS) is 16.9. The summed E-state index contributed by atoms with van der Waals surface area (Å²) in [5.41, 5.74) is 2.46. The molecule has 0 N–H and O–H groups in total. The minimum absolute atomic E-state index is 0.0280. The van der Waals surface area contributed by atoms with Crippen LogP contribution >= 0.6 is 0 Å². The van der Waals surface area contributed by atoms with Crippen molar-refractivity contribution in [3.05, 3.63) is 102 Å². The van der Waals surface area contributed by atoms with Crippen LogP contribution in [0.15, 0.2) is 91.0 Å². The Kier molecular flexibility index (Phi) is 7.21. The summed E-state index contributed by atoms with van der Waals surface area (Å²) in [6.45, 7) is 4.25. The lowest BCUT2D eigenvalue weighted by atomic mass is 9.87. The Hall–Kier alpha value is -3.73. The second-order valence-corrected chi connectivity index (χ2v) is 9.20. The molecule has 1 saturated heterocycles. The van der Waals surface area contributed by atoms with Crippen molar-refractivity contribution < 1.29 is 14.4 Å². The molecule has 3 aromatic carbocycles. The number of urea groups is 1. The number of nitrogens with zero attached hydrogens (tertiary/aromatic N) is 2. The number of amides is 4. The molecule has 1 aliphatic heterocycles. The van der Waals surface area contributed by atoms with Gasteiger partial charge >= 0.3 is 6.03 Å². The van der Waals surface area contributed by atoms with Gasteiger partial charge in [0.05, 0.1) is 5.69 Å². The summed E-state index contributed by atoms with van der Waals surface area (Å²) < 4.78 is 0. The molecule has 5 nitrogen and oxygen atoms in total. The first-order valence-corrected chi connectivity index (χ1v) is 11.8. The summed E-state index contributed by atoms with van der Waals surface area (Å²) >= 11 is 0. The zero-order valence-electron chi connectivity index (χ0n) is 19.6. The van der Waals surface area contributed by atoms with E-state index in [2.05, 4.69) is 13.8 Å². The van der Waals surface area contributed by atoms with Gasteiger partial charge in [0.1, 0.15) is 6.04 Å². The van der Waals surface area contributed by atoms with E-state index >= 15 is 0 Å². The first kappa shape index (κ1) is 23.4. The Morgan fingerprint density at radius 2 is 1.38 bits per heavy atom. The molecule has 0 unspecified atom stereocenters. The molecule has 2 atom stereocenters. The molecule has 0 radical (unpaired) electrons. The van der Waals surface area contributed by atoms with E-state index < -0.39 is 12.1 Å². The number of hydrogen-bond acceptors (Lipinski definition) is 3. The molecule has 0 bridgehead atoms. The third-order valence-electron chi connectivity index (χ3n) is 6.22. The van der Waals surface area contributed by atoms with Crippen LogP contribution in [-0.2, 0) is 16.0 Å². The van der Waals surface area contributed by atoms with Crippen LogP contribution in [0, 0.1) is 5.92 Å². The van der Waals surface area contributed by atoms with E-state index in [4.69, 9.17) is 0 Å². The van der Waals surface area contributed by atoms with Gasteiger partial charge in [-0.15, -0.1) is 0 Å². The van der Waals surface area contributed by atoms with Crippen LogP contribution in [0.1, 0.15) is 43.7 Å². The lowest BCUT2D eigenvalue weighted by molar-refractivity contribution is -0.133. The zero-order valence-corrected chi connectivity index (χ0v) is 19.6. The van der Waals surface area contributed by atoms with Crippen molar-refractivity contribution in [1.29, 1.82) is 0 Å². The smallest absolute Gasteiger partial charge is 0.274 e. The second-order valence-electron chi connectivity index (χ2n) is 9.20. The van der Waals surface area contributed by atoms with Crippen molar-refractivity contribution in [2.24, 2.45) is 5.92 Å². The second kappa shape index (κ2) is 10.5. The zero-order chi connectivity index (χ0) is 24.1. The highest BCUT2D eigenvalue weighted by atomic mass is 16.2. The quantitative estimate of drug-likeness (QED) is 0.404. The highest BCUT2D eigenvalue weighted by Crippen LogP contribution is 2.32. The molecule has 1 heterocycles. The fourth-order valence-corrected chi connectivity index (χ4v) is 4.65. The maximum Gasteiger partial charge on any atom is 0.338 e. The van der Waals surface area contributed by atoms with Crippen molar-refractivity contribution in [3.8, 4) is 0 Å². The fraction of sp³-hybridized carbons (Fsp3) is 0.276. The Morgan fingerprint density at radius 1 is 0.824 bits per heavy atom. The van der Waals surface area contributed by atoms with Crippen LogP contribution in [0.2, 0.25) is 0 Å². The van der Waals surface area contributed by atoms with Gasteiger partial charge in [-0.3, -0.25) is 14.5 Å². The molecular weight excluding hydrogens is 424 g/mol. The number of hydrogen-bond donors (Lipinski definition) is 0. The van der Waals surface area contributed by atoms with Gasteiger partial charge in [-0.25, -0.2) is 9.69 Å². The van der Waals surface area contributed by atoms with Crippen LogP contribution in [0.5, 0.6) is 0 Å². The molecule has 0 aromatic heterocycles. The van der Waals surface area contributed by atoms with Crippen molar-refractivity contribution in [2.75, 3.05) is 4.90 Å². The molecule has 0 saturated carbocycles. The number of imide groups is 2. The Morgan fingerprint density at radius 3 is 1.97 bits per heavy atom. The molecule has 34 heavy (non-hydrogen) atoms. The van der Waals surface area contributed by atoms with E-state index in [0.29, 0.717) is 18.0 Å². The molecule has 174 valence electrons. The monoisotopic (exact) mass is 454 g/mol. The third kappa shape index (κ3) is 5.09. The van der Waals surface area contributed by atoms with Crippen LogP contribution in [0.4, 0.5) is 10.5 Å². The Labute approximate surface area is 201 Å². The van der Waals surface area contributed by atoms with Gasteiger partial charge in [0.25, 0.3) is 5.91 Å². The number of anilines is 1. The number of carbonyl (C=O) groups is 3.